The minimum absolute atomic E-state index is 0.159. The Bertz CT molecular complexity index is 307. The summed E-state index contributed by atoms with van der Waals surface area (Å²) >= 11 is 5.83. The number of halogens is 1. The van der Waals surface area contributed by atoms with Crippen LogP contribution in [0.5, 0.6) is 0 Å². The van der Waals surface area contributed by atoms with E-state index in [0.717, 1.165) is 19.4 Å². The van der Waals surface area contributed by atoms with Crippen LogP contribution >= 0.6 is 11.6 Å². The number of aryl methyl sites for hydroxylation is 1. The standard InChI is InChI=1S/C14H22ClN/c1-4-14(3,9-10-15)16-11-13-7-5-12(2)6-8-13/h5-8,16H,4,9-11H2,1-3H3. The summed E-state index contributed by atoms with van der Waals surface area (Å²) in [5.41, 5.74) is 2.80. The molecule has 2 heteroatoms. The van der Waals surface area contributed by atoms with Crippen LogP contribution in [0.2, 0.25) is 0 Å². The van der Waals surface area contributed by atoms with E-state index in [1.807, 2.05) is 0 Å². The molecular formula is C14H22ClN. The van der Waals surface area contributed by atoms with Crippen molar-refractivity contribution in [2.75, 3.05) is 5.88 Å². The molecular weight excluding hydrogens is 218 g/mol. The predicted molar refractivity (Wildman–Crippen MR) is 72.1 cm³/mol. The molecule has 0 bridgehead atoms. The maximum Gasteiger partial charge on any atom is 0.0240 e. The third-order valence-electron chi connectivity index (χ3n) is 3.27. The molecule has 0 amide bonds. The fourth-order valence-electron chi connectivity index (χ4n) is 1.62. The van der Waals surface area contributed by atoms with Gasteiger partial charge in [0.25, 0.3) is 0 Å². The summed E-state index contributed by atoms with van der Waals surface area (Å²) < 4.78 is 0. The quantitative estimate of drug-likeness (QED) is 0.743. The first kappa shape index (κ1) is 13.5. The van der Waals surface area contributed by atoms with Gasteiger partial charge in [-0.3, -0.25) is 0 Å². The Balaban J connectivity index is 2.52. The SMILES string of the molecule is CCC(C)(CCCl)NCc1ccc(C)cc1. The summed E-state index contributed by atoms with van der Waals surface area (Å²) in [6, 6.07) is 8.67. The molecule has 0 aliphatic heterocycles. The zero-order valence-corrected chi connectivity index (χ0v) is 11.3. The molecule has 0 spiro atoms. The minimum Gasteiger partial charge on any atom is -0.307 e. The zero-order valence-electron chi connectivity index (χ0n) is 10.5. The lowest BCUT2D eigenvalue weighted by Gasteiger charge is -2.29. The smallest absolute Gasteiger partial charge is 0.0240 e. The van der Waals surface area contributed by atoms with E-state index in [-0.39, 0.29) is 5.54 Å². The van der Waals surface area contributed by atoms with E-state index >= 15 is 0 Å². The van der Waals surface area contributed by atoms with Gasteiger partial charge in [-0.05, 0) is 32.3 Å². The van der Waals surface area contributed by atoms with Gasteiger partial charge in [0.2, 0.25) is 0 Å². The van der Waals surface area contributed by atoms with Gasteiger partial charge >= 0.3 is 0 Å². The van der Waals surface area contributed by atoms with Gasteiger partial charge in [0, 0.05) is 18.0 Å². The van der Waals surface area contributed by atoms with Gasteiger partial charge in [0.15, 0.2) is 0 Å². The summed E-state index contributed by atoms with van der Waals surface area (Å²) in [7, 11) is 0. The van der Waals surface area contributed by atoms with Gasteiger partial charge in [-0.25, -0.2) is 0 Å². The molecule has 0 aliphatic rings. The summed E-state index contributed by atoms with van der Waals surface area (Å²) in [4.78, 5) is 0. The number of hydrogen-bond donors (Lipinski definition) is 1. The molecule has 0 radical (unpaired) electrons. The second kappa shape index (κ2) is 6.27. The Kier molecular flexibility index (Phi) is 5.30. The highest BCUT2D eigenvalue weighted by atomic mass is 35.5. The third kappa shape index (κ3) is 4.15. The summed E-state index contributed by atoms with van der Waals surface area (Å²) in [5.74, 6) is 0.714. The van der Waals surface area contributed by atoms with Crippen molar-refractivity contribution in [2.45, 2.75) is 45.7 Å². The summed E-state index contributed by atoms with van der Waals surface area (Å²) in [6.07, 6.45) is 2.11. The average Bonchev–Trinajstić information content (AvgIpc) is 2.29. The monoisotopic (exact) mass is 239 g/mol. The third-order valence-corrected chi connectivity index (χ3v) is 3.46. The first-order valence-electron chi connectivity index (χ1n) is 5.96. The van der Waals surface area contributed by atoms with Crippen LogP contribution < -0.4 is 5.32 Å². The fourth-order valence-corrected chi connectivity index (χ4v) is 2.04. The topological polar surface area (TPSA) is 12.0 Å². The van der Waals surface area contributed by atoms with Crippen molar-refractivity contribution in [3.05, 3.63) is 35.4 Å². The van der Waals surface area contributed by atoms with Crippen molar-refractivity contribution >= 4 is 11.6 Å². The molecule has 0 saturated carbocycles. The summed E-state index contributed by atoms with van der Waals surface area (Å²) in [6.45, 7) is 7.47. The highest BCUT2D eigenvalue weighted by Gasteiger charge is 2.19. The predicted octanol–water partition coefficient (Wildman–Crippen LogP) is 3.88. The molecule has 0 aromatic heterocycles. The molecule has 0 heterocycles. The van der Waals surface area contributed by atoms with Crippen LogP contribution in [-0.4, -0.2) is 11.4 Å². The zero-order chi connectivity index (χ0) is 12.0. The van der Waals surface area contributed by atoms with Crippen molar-refractivity contribution in [2.24, 2.45) is 0 Å². The van der Waals surface area contributed by atoms with Gasteiger partial charge < -0.3 is 5.32 Å². The van der Waals surface area contributed by atoms with Crippen LogP contribution in [0.3, 0.4) is 0 Å². The lowest BCUT2D eigenvalue weighted by atomic mass is 9.95. The molecule has 1 unspecified atom stereocenters. The largest absolute Gasteiger partial charge is 0.307 e. The molecule has 1 aromatic rings. The van der Waals surface area contributed by atoms with E-state index < -0.39 is 0 Å². The van der Waals surface area contributed by atoms with Gasteiger partial charge in [0.1, 0.15) is 0 Å². The van der Waals surface area contributed by atoms with Crippen LogP contribution in [0.4, 0.5) is 0 Å². The van der Waals surface area contributed by atoms with Crippen LogP contribution in [0.15, 0.2) is 24.3 Å². The molecule has 0 fully saturated rings. The van der Waals surface area contributed by atoms with E-state index in [1.165, 1.54) is 11.1 Å². The van der Waals surface area contributed by atoms with Crippen LogP contribution in [-0.2, 0) is 6.54 Å². The second-order valence-electron chi connectivity index (χ2n) is 4.69. The molecule has 1 rings (SSSR count). The highest BCUT2D eigenvalue weighted by molar-refractivity contribution is 6.17. The van der Waals surface area contributed by atoms with E-state index in [1.54, 1.807) is 0 Å². The minimum atomic E-state index is 0.159. The van der Waals surface area contributed by atoms with Crippen molar-refractivity contribution in [3.8, 4) is 0 Å². The Morgan fingerprint density at radius 3 is 2.38 bits per heavy atom. The molecule has 90 valence electrons. The molecule has 0 saturated heterocycles. The number of nitrogens with one attached hydrogen (secondary N) is 1. The molecule has 1 atom stereocenters. The normalized spacial score (nSPS) is 14.8. The second-order valence-corrected chi connectivity index (χ2v) is 5.07. The fraction of sp³-hybridized carbons (Fsp3) is 0.571. The van der Waals surface area contributed by atoms with Crippen LogP contribution in [0.1, 0.15) is 37.8 Å². The maximum absolute atomic E-state index is 5.83. The van der Waals surface area contributed by atoms with Crippen LogP contribution in [0.25, 0.3) is 0 Å². The van der Waals surface area contributed by atoms with Gasteiger partial charge in [-0.1, -0.05) is 36.8 Å². The summed E-state index contributed by atoms with van der Waals surface area (Å²) in [5, 5.41) is 3.60. The van der Waals surface area contributed by atoms with Crippen LogP contribution in [0, 0.1) is 6.92 Å². The molecule has 1 nitrogen and oxygen atoms in total. The first-order valence-corrected chi connectivity index (χ1v) is 6.49. The van der Waals surface area contributed by atoms with E-state index in [9.17, 15) is 0 Å². The number of rotatable bonds is 6. The van der Waals surface area contributed by atoms with Crippen molar-refractivity contribution in [1.29, 1.82) is 0 Å². The average molecular weight is 240 g/mol. The Hall–Kier alpha value is -0.530. The Morgan fingerprint density at radius 2 is 1.88 bits per heavy atom. The number of benzene rings is 1. The van der Waals surface area contributed by atoms with Gasteiger partial charge in [0.05, 0.1) is 0 Å². The van der Waals surface area contributed by atoms with Gasteiger partial charge in [-0.15, -0.1) is 11.6 Å². The number of alkyl halides is 1. The van der Waals surface area contributed by atoms with Crippen molar-refractivity contribution < 1.29 is 0 Å². The molecule has 0 aliphatic carbocycles. The first-order chi connectivity index (χ1) is 7.59. The van der Waals surface area contributed by atoms with Gasteiger partial charge in [-0.2, -0.15) is 0 Å². The van der Waals surface area contributed by atoms with Crippen molar-refractivity contribution in [1.82, 2.24) is 5.32 Å². The van der Waals surface area contributed by atoms with Crippen molar-refractivity contribution in [3.63, 3.8) is 0 Å². The highest BCUT2D eigenvalue weighted by Crippen LogP contribution is 2.16. The lowest BCUT2D eigenvalue weighted by molar-refractivity contribution is 0.331. The Labute approximate surface area is 104 Å². The Morgan fingerprint density at radius 1 is 1.25 bits per heavy atom. The van der Waals surface area contributed by atoms with E-state index in [4.69, 9.17) is 11.6 Å². The molecule has 1 N–H and O–H groups in total. The molecule has 16 heavy (non-hydrogen) atoms. The van der Waals surface area contributed by atoms with E-state index in [0.29, 0.717) is 5.88 Å². The van der Waals surface area contributed by atoms with E-state index in [2.05, 4.69) is 50.4 Å². The maximum atomic E-state index is 5.83. The molecule has 1 aromatic carbocycles. The lowest BCUT2D eigenvalue weighted by Crippen LogP contribution is -2.41. The number of hydrogen-bond acceptors (Lipinski definition) is 1.